The van der Waals surface area contributed by atoms with Crippen LogP contribution in [0, 0.1) is 10.1 Å². The molecule has 0 aliphatic carbocycles. The first-order chi connectivity index (χ1) is 19.2. The number of nitrogens with one attached hydrogen (secondary N) is 1. The number of hydrogen-bond acceptors (Lipinski definition) is 8. The molecule has 206 valence electrons. The lowest BCUT2D eigenvalue weighted by Crippen LogP contribution is -2.48. The van der Waals surface area contributed by atoms with Gasteiger partial charge in [0.15, 0.2) is 6.23 Å². The molecule has 12 heteroatoms. The Morgan fingerprint density at radius 1 is 1.18 bits per heavy atom. The number of ether oxygens (including phenoxy) is 1. The van der Waals surface area contributed by atoms with Gasteiger partial charge in [-0.2, -0.15) is 8.78 Å². The van der Waals surface area contributed by atoms with E-state index in [0.717, 1.165) is 16.5 Å². The summed E-state index contributed by atoms with van der Waals surface area (Å²) in [5.74, 6) is 0.138. The fraction of sp³-hybridized carbons (Fsp3) is 0.250. The zero-order valence-electron chi connectivity index (χ0n) is 22.1. The number of benzene rings is 2. The number of non-ortho nitro benzene ring substituents is 1. The molecule has 0 saturated heterocycles. The highest BCUT2D eigenvalue weighted by Crippen LogP contribution is 2.34. The number of nitrogens with zero attached hydrogens (tertiary/aromatic N) is 6. The van der Waals surface area contributed by atoms with Gasteiger partial charge in [-0.05, 0) is 33.2 Å². The first-order valence-corrected chi connectivity index (χ1v) is 12.5. The minimum atomic E-state index is -3.17. The summed E-state index contributed by atoms with van der Waals surface area (Å²) in [4.78, 5) is 31.5. The second-order valence-electron chi connectivity index (χ2n) is 9.50. The van der Waals surface area contributed by atoms with E-state index in [-0.39, 0.29) is 22.9 Å². The van der Waals surface area contributed by atoms with E-state index >= 15 is 0 Å². The predicted octanol–water partition coefficient (Wildman–Crippen LogP) is 5.59. The molecule has 0 radical (unpaired) electrons. The van der Waals surface area contributed by atoms with Crippen molar-refractivity contribution >= 4 is 28.3 Å². The van der Waals surface area contributed by atoms with E-state index < -0.39 is 17.8 Å². The topological polar surface area (TPSA) is 113 Å². The molecule has 1 N–H and O–H groups in total. The van der Waals surface area contributed by atoms with Crippen LogP contribution in [0.2, 0.25) is 0 Å². The molecule has 0 spiro atoms. The number of halogens is 2. The number of aromatic nitrogens is 3. The number of H-pyrrole nitrogens is 1. The van der Waals surface area contributed by atoms with Gasteiger partial charge in [-0.1, -0.05) is 30.3 Å². The summed E-state index contributed by atoms with van der Waals surface area (Å²) in [7, 11) is 3.81. The van der Waals surface area contributed by atoms with E-state index in [4.69, 9.17) is 9.72 Å². The van der Waals surface area contributed by atoms with Crippen molar-refractivity contribution in [2.45, 2.75) is 26.2 Å². The number of anilines is 1. The third kappa shape index (κ3) is 5.44. The molecule has 1 aliphatic heterocycles. The fourth-order valence-corrected chi connectivity index (χ4v) is 4.70. The highest BCUT2D eigenvalue weighted by molar-refractivity contribution is 6.07. The Morgan fingerprint density at radius 3 is 2.73 bits per heavy atom. The Hall–Kier alpha value is -4.55. The second kappa shape index (κ2) is 11.3. The zero-order chi connectivity index (χ0) is 28.4. The monoisotopic (exact) mass is 547 g/mol. The third-order valence-electron chi connectivity index (χ3n) is 6.57. The molecular formula is C28H27F2N7O3. The summed E-state index contributed by atoms with van der Waals surface area (Å²) < 4.78 is 33.0. The molecule has 1 unspecified atom stereocenters. The molecule has 0 bridgehead atoms. The summed E-state index contributed by atoms with van der Waals surface area (Å²) >= 11 is 0. The van der Waals surface area contributed by atoms with Gasteiger partial charge < -0.3 is 9.88 Å². The summed E-state index contributed by atoms with van der Waals surface area (Å²) in [5, 5.41) is 12.4. The van der Waals surface area contributed by atoms with Crippen LogP contribution in [-0.4, -0.2) is 64.0 Å². The van der Waals surface area contributed by atoms with Crippen LogP contribution in [0.4, 0.5) is 20.4 Å². The van der Waals surface area contributed by atoms with Crippen molar-refractivity contribution < 1.29 is 18.4 Å². The van der Waals surface area contributed by atoms with E-state index in [0.29, 0.717) is 30.1 Å². The van der Waals surface area contributed by atoms with Crippen LogP contribution >= 0.6 is 0 Å². The van der Waals surface area contributed by atoms with Gasteiger partial charge in [0.05, 0.1) is 22.0 Å². The molecule has 3 heterocycles. The van der Waals surface area contributed by atoms with Crippen LogP contribution in [0.5, 0.6) is 0 Å². The van der Waals surface area contributed by atoms with Crippen molar-refractivity contribution in [2.24, 2.45) is 4.99 Å². The number of fused-ring (bicyclic) bond motifs is 1. The van der Waals surface area contributed by atoms with Crippen LogP contribution in [-0.2, 0) is 4.74 Å². The highest BCUT2D eigenvalue weighted by atomic mass is 19.3. The fourth-order valence-electron chi connectivity index (χ4n) is 4.70. The molecule has 10 nitrogen and oxygen atoms in total. The molecular weight excluding hydrogens is 520 g/mol. The van der Waals surface area contributed by atoms with E-state index in [9.17, 15) is 18.9 Å². The Morgan fingerprint density at radius 2 is 1.98 bits per heavy atom. The first kappa shape index (κ1) is 27.0. The minimum absolute atomic E-state index is 0.0937. The van der Waals surface area contributed by atoms with Gasteiger partial charge in [0.2, 0.25) is 5.95 Å². The van der Waals surface area contributed by atoms with Crippen molar-refractivity contribution in [1.29, 1.82) is 0 Å². The van der Waals surface area contributed by atoms with Gasteiger partial charge >= 0.3 is 6.61 Å². The first-order valence-electron chi connectivity index (χ1n) is 12.5. The summed E-state index contributed by atoms with van der Waals surface area (Å²) in [5.41, 5.74) is 3.66. The van der Waals surface area contributed by atoms with Crippen LogP contribution in [0.3, 0.4) is 0 Å². The molecule has 0 saturated carbocycles. The number of allylic oxidation sites excluding steroid dienone is 1. The number of aromatic amines is 1. The van der Waals surface area contributed by atoms with Crippen molar-refractivity contribution in [3.63, 3.8) is 0 Å². The maximum atomic E-state index is 13.9. The number of para-hydroxylation sites is 1. The lowest BCUT2D eigenvalue weighted by molar-refractivity contribution is -0.384. The van der Waals surface area contributed by atoms with Crippen molar-refractivity contribution in [2.75, 3.05) is 25.5 Å². The Kier molecular flexibility index (Phi) is 7.63. The van der Waals surface area contributed by atoms with Crippen LogP contribution < -0.4 is 4.90 Å². The molecule has 5 rings (SSSR count). The van der Waals surface area contributed by atoms with Gasteiger partial charge in [0.25, 0.3) is 5.69 Å². The van der Waals surface area contributed by atoms with E-state index in [1.165, 1.54) is 23.1 Å². The normalized spacial score (nSPS) is 15.8. The molecule has 2 aromatic carbocycles. The van der Waals surface area contributed by atoms with Crippen molar-refractivity contribution in [1.82, 2.24) is 19.9 Å². The molecule has 0 amide bonds. The lowest BCUT2D eigenvalue weighted by atomic mass is 10.0. The lowest BCUT2D eigenvalue weighted by Gasteiger charge is -2.38. The molecule has 4 aromatic rings. The van der Waals surface area contributed by atoms with Gasteiger partial charge in [0.1, 0.15) is 0 Å². The summed E-state index contributed by atoms with van der Waals surface area (Å²) in [6.07, 6.45) is 2.40. The second-order valence-corrected chi connectivity index (χ2v) is 9.50. The zero-order valence-corrected chi connectivity index (χ0v) is 22.1. The summed E-state index contributed by atoms with van der Waals surface area (Å²) in [6.45, 7) is -0.812. The summed E-state index contributed by atoms with van der Waals surface area (Å²) in [6, 6.07) is 15.2. The largest absolute Gasteiger partial charge is 0.360 e. The van der Waals surface area contributed by atoms with E-state index in [2.05, 4.69) is 15.0 Å². The molecule has 40 heavy (non-hydrogen) atoms. The standard InChI is InChI=1S/C28H27F2N7O3/c1-17-24(12-14-35(2)3)36(26(40-27(29)30)25(33-17)18-7-6-8-19(15-18)37(38)39)28-31-13-11-23(34-28)21-16-32-22-10-5-4-9-20(21)22/h4-11,13,15-16,26-27,32H,12,14H2,1-3H3. The van der Waals surface area contributed by atoms with Gasteiger partial charge in [0, 0.05) is 65.2 Å². The molecule has 1 aliphatic rings. The van der Waals surface area contributed by atoms with Gasteiger partial charge in [-0.25, -0.2) is 9.97 Å². The van der Waals surface area contributed by atoms with Crippen molar-refractivity contribution in [3.8, 4) is 11.3 Å². The number of alkyl halides is 2. The molecule has 1 atom stereocenters. The maximum absolute atomic E-state index is 13.9. The molecule has 2 aromatic heterocycles. The van der Waals surface area contributed by atoms with E-state index in [1.807, 2.05) is 49.5 Å². The SMILES string of the molecule is CC1=C(CCN(C)C)N(c2nccc(-c3c[nH]c4ccccc34)n2)C(OC(F)F)C(c2cccc([N+](=O)[O-])c2)=N1. The van der Waals surface area contributed by atoms with Gasteiger partial charge in [-0.3, -0.25) is 24.7 Å². The Bertz CT molecular complexity index is 1620. The number of aliphatic imine (C=N–C) groups is 1. The number of hydrogen-bond donors (Lipinski definition) is 1. The minimum Gasteiger partial charge on any atom is -0.360 e. The smallest absolute Gasteiger partial charge is 0.347 e. The predicted molar refractivity (Wildman–Crippen MR) is 148 cm³/mol. The average molecular weight is 548 g/mol. The number of nitro benzene ring substituents is 1. The van der Waals surface area contributed by atoms with Crippen LogP contribution in [0.15, 0.2) is 83.4 Å². The number of rotatable bonds is 9. The van der Waals surface area contributed by atoms with Crippen LogP contribution in [0.25, 0.3) is 22.2 Å². The van der Waals surface area contributed by atoms with E-state index in [1.54, 1.807) is 25.3 Å². The number of nitro groups is 1. The van der Waals surface area contributed by atoms with Crippen LogP contribution in [0.1, 0.15) is 18.9 Å². The molecule has 0 fully saturated rings. The average Bonchev–Trinajstić information content (AvgIpc) is 3.37. The Balaban J connectivity index is 1.67. The maximum Gasteiger partial charge on any atom is 0.347 e. The van der Waals surface area contributed by atoms with Gasteiger partial charge in [-0.15, -0.1) is 0 Å². The quantitative estimate of drug-likeness (QED) is 0.215. The van der Waals surface area contributed by atoms with Crippen molar-refractivity contribution in [3.05, 3.63) is 94.1 Å². The third-order valence-corrected chi connectivity index (χ3v) is 6.57. The Labute approximate surface area is 228 Å². The highest BCUT2D eigenvalue weighted by Gasteiger charge is 2.37.